The first-order valence-electron chi connectivity index (χ1n) is 4.68. The summed E-state index contributed by atoms with van der Waals surface area (Å²) < 4.78 is 8.33. The molecule has 0 aliphatic rings. The lowest BCUT2D eigenvalue weighted by Gasteiger charge is -1.98. The molecule has 0 atom stereocenters. The number of aromatic nitrogens is 2. The molecule has 0 radical (unpaired) electrons. The van der Waals surface area contributed by atoms with E-state index in [9.17, 15) is 0 Å². The first-order valence-corrected chi connectivity index (χ1v) is 5.49. The smallest absolute Gasteiger partial charge is 0.146 e. The van der Waals surface area contributed by atoms with Crippen molar-refractivity contribution in [2.45, 2.75) is 0 Å². The van der Waals surface area contributed by atoms with Crippen molar-refractivity contribution in [3.63, 3.8) is 0 Å². The molecule has 15 heavy (non-hydrogen) atoms. The van der Waals surface area contributed by atoms with Gasteiger partial charge in [0, 0.05) is 28.7 Å². The third kappa shape index (κ3) is 1.22. The number of thiophene rings is 1. The van der Waals surface area contributed by atoms with Crippen molar-refractivity contribution in [2.24, 2.45) is 7.05 Å². The van der Waals surface area contributed by atoms with Crippen molar-refractivity contribution < 1.29 is 4.74 Å². The van der Waals surface area contributed by atoms with E-state index in [4.69, 9.17) is 4.74 Å². The third-order valence-corrected chi connectivity index (χ3v) is 3.55. The molecule has 76 valence electrons. The average molecular weight is 218 g/mol. The molecule has 1 aromatic carbocycles. The fraction of sp³-hybridized carbons (Fsp3) is 0.182. The van der Waals surface area contributed by atoms with E-state index in [1.54, 1.807) is 18.4 Å². The molecule has 0 aliphatic carbocycles. The van der Waals surface area contributed by atoms with E-state index in [1.807, 2.05) is 24.0 Å². The normalized spacial score (nSPS) is 11.3. The zero-order valence-electron chi connectivity index (χ0n) is 8.52. The van der Waals surface area contributed by atoms with Crippen molar-refractivity contribution in [3.05, 3.63) is 24.4 Å². The summed E-state index contributed by atoms with van der Waals surface area (Å²) in [5, 5.41) is 6.83. The molecule has 0 unspecified atom stereocenters. The van der Waals surface area contributed by atoms with Crippen LogP contribution in [0.3, 0.4) is 0 Å². The summed E-state index contributed by atoms with van der Waals surface area (Å²) in [5.41, 5.74) is 0. The van der Waals surface area contributed by atoms with Crippen molar-refractivity contribution >= 4 is 31.6 Å². The predicted octanol–water partition coefficient (Wildman–Crippen LogP) is 2.80. The van der Waals surface area contributed by atoms with Gasteiger partial charge in [0.05, 0.1) is 7.11 Å². The maximum Gasteiger partial charge on any atom is 0.146 e. The largest absolute Gasteiger partial charge is 0.497 e. The summed E-state index contributed by atoms with van der Waals surface area (Å²) in [6.45, 7) is 0. The monoisotopic (exact) mass is 218 g/mol. The lowest BCUT2D eigenvalue weighted by atomic mass is 10.2. The molecule has 3 nitrogen and oxygen atoms in total. The predicted molar refractivity (Wildman–Crippen MR) is 62.6 cm³/mol. The van der Waals surface area contributed by atoms with Gasteiger partial charge < -0.3 is 4.74 Å². The van der Waals surface area contributed by atoms with Gasteiger partial charge in [-0.15, -0.1) is 11.3 Å². The second kappa shape index (κ2) is 2.97. The summed E-state index contributed by atoms with van der Waals surface area (Å²) in [5.74, 6) is 0.894. The lowest BCUT2D eigenvalue weighted by molar-refractivity contribution is 0.415. The molecule has 0 spiro atoms. The van der Waals surface area contributed by atoms with Gasteiger partial charge in [0.15, 0.2) is 0 Å². The van der Waals surface area contributed by atoms with Crippen molar-refractivity contribution in [2.75, 3.05) is 7.11 Å². The van der Waals surface area contributed by atoms with Gasteiger partial charge in [0.25, 0.3) is 0 Å². The molecule has 2 heterocycles. The van der Waals surface area contributed by atoms with Crippen LogP contribution < -0.4 is 4.74 Å². The quantitative estimate of drug-likeness (QED) is 0.628. The lowest BCUT2D eigenvalue weighted by Crippen LogP contribution is -1.84. The Balaban J connectivity index is 2.43. The molecule has 0 saturated carbocycles. The van der Waals surface area contributed by atoms with Gasteiger partial charge in [-0.3, -0.25) is 4.68 Å². The van der Waals surface area contributed by atoms with E-state index < -0.39 is 0 Å². The van der Waals surface area contributed by atoms with Gasteiger partial charge in [-0.25, -0.2) is 0 Å². The summed E-state index contributed by atoms with van der Waals surface area (Å²) in [4.78, 5) is 1.08. The third-order valence-electron chi connectivity index (χ3n) is 2.48. The van der Waals surface area contributed by atoms with Crippen LogP contribution in [0.15, 0.2) is 24.4 Å². The number of hydrogen-bond acceptors (Lipinski definition) is 3. The fourth-order valence-corrected chi connectivity index (χ4v) is 2.83. The van der Waals surface area contributed by atoms with Gasteiger partial charge in [-0.05, 0) is 18.2 Å². The minimum absolute atomic E-state index is 0.894. The van der Waals surface area contributed by atoms with Crippen LogP contribution in [-0.4, -0.2) is 16.9 Å². The Hall–Kier alpha value is -1.55. The van der Waals surface area contributed by atoms with Crippen molar-refractivity contribution in [1.82, 2.24) is 9.78 Å². The van der Waals surface area contributed by atoms with E-state index in [-0.39, 0.29) is 0 Å². The number of fused-ring (bicyclic) bond motifs is 3. The summed E-state index contributed by atoms with van der Waals surface area (Å²) in [6, 6.07) is 6.13. The molecule has 0 saturated heterocycles. The van der Waals surface area contributed by atoms with Crippen LogP contribution in [0.2, 0.25) is 0 Å². The summed E-state index contributed by atoms with van der Waals surface area (Å²) in [6.07, 6.45) is 2.05. The van der Waals surface area contributed by atoms with Gasteiger partial charge >= 0.3 is 0 Å². The zero-order chi connectivity index (χ0) is 10.4. The molecular weight excluding hydrogens is 208 g/mol. The fourth-order valence-electron chi connectivity index (χ4n) is 1.77. The molecule has 0 aliphatic heterocycles. The number of rotatable bonds is 1. The molecule has 0 amide bonds. The molecule has 3 aromatic rings. The molecule has 0 bridgehead atoms. The molecule has 3 rings (SSSR count). The van der Waals surface area contributed by atoms with Gasteiger partial charge in [-0.2, -0.15) is 5.10 Å². The van der Waals surface area contributed by atoms with Crippen LogP contribution in [0.4, 0.5) is 0 Å². The first kappa shape index (κ1) is 8.73. The molecule has 2 aromatic heterocycles. The highest BCUT2D eigenvalue weighted by molar-refractivity contribution is 7.25. The Morgan fingerprint density at radius 2 is 2.20 bits per heavy atom. The summed E-state index contributed by atoms with van der Waals surface area (Å²) >= 11 is 1.71. The van der Waals surface area contributed by atoms with E-state index in [2.05, 4.69) is 17.2 Å². The highest BCUT2D eigenvalue weighted by Gasteiger charge is 2.08. The van der Waals surface area contributed by atoms with E-state index >= 15 is 0 Å². The van der Waals surface area contributed by atoms with Crippen molar-refractivity contribution in [3.8, 4) is 5.75 Å². The Bertz CT molecular complexity index is 638. The molecule has 4 heteroatoms. The Morgan fingerprint density at radius 3 is 3.00 bits per heavy atom. The second-order valence-corrected chi connectivity index (χ2v) is 4.52. The molecule has 0 fully saturated rings. The van der Waals surface area contributed by atoms with Crippen LogP contribution in [0.25, 0.3) is 20.3 Å². The standard InChI is InChI=1S/C11H10N2OS/c1-13-6-9-8-5-7(14-2)3-4-10(8)15-11(9)12-13/h3-6H,1-2H3. The zero-order valence-corrected chi connectivity index (χ0v) is 9.34. The highest BCUT2D eigenvalue weighted by atomic mass is 32.1. The van der Waals surface area contributed by atoms with Crippen LogP contribution in [-0.2, 0) is 7.05 Å². The Morgan fingerprint density at radius 1 is 1.33 bits per heavy atom. The van der Waals surface area contributed by atoms with Crippen LogP contribution in [0.1, 0.15) is 0 Å². The van der Waals surface area contributed by atoms with Crippen LogP contribution >= 0.6 is 11.3 Å². The van der Waals surface area contributed by atoms with Crippen LogP contribution in [0, 0.1) is 0 Å². The highest BCUT2D eigenvalue weighted by Crippen LogP contribution is 2.34. The Labute approximate surface area is 90.9 Å². The van der Waals surface area contributed by atoms with Crippen molar-refractivity contribution in [1.29, 1.82) is 0 Å². The minimum atomic E-state index is 0.894. The number of ether oxygens (including phenoxy) is 1. The maximum atomic E-state index is 5.22. The second-order valence-electron chi connectivity index (χ2n) is 3.49. The number of nitrogens with zero attached hydrogens (tertiary/aromatic N) is 2. The topological polar surface area (TPSA) is 27.1 Å². The maximum absolute atomic E-state index is 5.22. The van der Waals surface area contributed by atoms with Gasteiger partial charge in [0.2, 0.25) is 0 Å². The number of methoxy groups -OCH3 is 1. The Kier molecular flexibility index (Phi) is 1.73. The van der Waals surface area contributed by atoms with E-state index in [0.29, 0.717) is 0 Å². The SMILES string of the molecule is COc1ccc2sc3nn(C)cc3c2c1. The number of aryl methyl sites for hydroxylation is 1. The first-order chi connectivity index (χ1) is 7.28. The average Bonchev–Trinajstić information content (AvgIpc) is 2.73. The van der Waals surface area contributed by atoms with E-state index in [0.717, 1.165) is 10.6 Å². The van der Waals surface area contributed by atoms with Crippen LogP contribution in [0.5, 0.6) is 5.75 Å². The molecular formula is C11H10N2OS. The minimum Gasteiger partial charge on any atom is -0.497 e. The molecule has 0 N–H and O–H groups in total. The number of benzene rings is 1. The van der Waals surface area contributed by atoms with Gasteiger partial charge in [0.1, 0.15) is 10.6 Å². The summed E-state index contributed by atoms with van der Waals surface area (Å²) in [7, 11) is 3.63. The van der Waals surface area contributed by atoms with Gasteiger partial charge in [-0.1, -0.05) is 0 Å². The number of hydrogen-bond donors (Lipinski definition) is 0. The van der Waals surface area contributed by atoms with E-state index in [1.165, 1.54) is 15.5 Å².